The fourth-order valence-corrected chi connectivity index (χ4v) is 4.48. The largest absolute Gasteiger partial charge is 0.461 e. The van der Waals surface area contributed by atoms with Gasteiger partial charge in [-0.3, -0.25) is 10.2 Å². The summed E-state index contributed by atoms with van der Waals surface area (Å²) in [6, 6.07) is 27.5. The summed E-state index contributed by atoms with van der Waals surface area (Å²) in [7, 11) is 0. The highest BCUT2D eigenvalue weighted by atomic mass is 16.5. The molecule has 1 aliphatic rings. The molecule has 39 heavy (non-hydrogen) atoms. The molecule has 0 saturated carbocycles. The minimum absolute atomic E-state index is 0.0102. The number of para-hydroxylation sites is 1. The molecule has 3 aromatic rings. The van der Waals surface area contributed by atoms with E-state index in [9.17, 15) is 4.79 Å². The maximum Gasteiger partial charge on any atom is 0.256 e. The van der Waals surface area contributed by atoms with E-state index in [4.69, 9.17) is 10.1 Å². The van der Waals surface area contributed by atoms with E-state index < -0.39 is 0 Å². The molecule has 0 radical (unpaired) electrons. The topological polar surface area (TPSA) is 77.8 Å². The van der Waals surface area contributed by atoms with Crippen molar-refractivity contribution in [2.75, 3.05) is 18.5 Å². The number of benzene rings is 3. The Balaban J connectivity index is 0.00000205. The Morgan fingerprint density at radius 2 is 1.62 bits per heavy atom. The molecule has 0 aliphatic carbocycles. The van der Waals surface area contributed by atoms with E-state index in [-0.39, 0.29) is 11.8 Å². The molecule has 202 valence electrons. The summed E-state index contributed by atoms with van der Waals surface area (Å²) in [5.41, 5.74) is 7.12. The van der Waals surface area contributed by atoms with E-state index in [0.29, 0.717) is 30.1 Å². The molecule has 0 spiro atoms. The lowest BCUT2D eigenvalue weighted by Gasteiger charge is -2.34. The lowest BCUT2D eigenvalue weighted by Crippen LogP contribution is -2.40. The van der Waals surface area contributed by atoms with Crippen molar-refractivity contribution in [3.05, 3.63) is 114 Å². The number of anilines is 1. The van der Waals surface area contributed by atoms with Crippen molar-refractivity contribution < 1.29 is 9.53 Å². The van der Waals surface area contributed by atoms with Crippen LogP contribution >= 0.6 is 0 Å². The van der Waals surface area contributed by atoms with Crippen molar-refractivity contribution >= 4 is 35.4 Å². The maximum atomic E-state index is 13.5. The van der Waals surface area contributed by atoms with Crippen LogP contribution in [0.4, 0.5) is 5.69 Å². The second kappa shape index (κ2) is 15.1. The molecule has 0 bridgehead atoms. The molecular formula is C33H38N4O2. The number of hydrogen-bond acceptors (Lipinski definition) is 5. The fraction of sp³-hybridized carbons (Fsp3) is 0.242. The summed E-state index contributed by atoms with van der Waals surface area (Å²) in [6.45, 7) is 11.6. The summed E-state index contributed by atoms with van der Waals surface area (Å²) in [5.74, 6) is 1.38. The van der Waals surface area contributed by atoms with E-state index in [2.05, 4.69) is 36.2 Å². The summed E-state index contributed by atoms with van der Waals surface area (Å²) >= 11 is 0. The normalized spacial score (nSPS) is 15.5. The van der Waals surface area contributed by atoms with Crippen LogP contribution in [0.25, 0.3) is 11.3 Å². The fourth-order valence-electron chi connectivity index (χ4n) is 4.48. The van der Waals surface area contributed by atoms with Gasteiger partial charge < -0.3 is 15.0 Å². The van der Waals surface area contributed by atoms with Crippen LogP contribution < -0.4 is 5.43 Å². The van der Waals surface area contributed by atoms with Gasteiger partial charge in [-0.25, -0.2) is 0 Å². The van der Waals surface area contributed by atoms with Gasteiger partial charge in [0.15, 0.2) is 0 Å². The molecule has 1 unspecified atom stereocenters. The van der Waals surface area contributed by atoms with Crippen LogP contribution in [0.2, 0.25) is 0 Å². The highest BCUT2D eigenvalue weighted by molar-refractivity contribution is 6.14. The van der Waals surface area contributed by atoms with Crippen LogP contribution in [0, 0.1) is 11.3 Å². The lowest BCUT2D eigenvalue weighted by atomic mass is 9.95. The third-order valence-electron chi connectivity index (χ3n) is 6.47. The summed E-state index contributed by atoms with van der Waals surface area (Å²) in [5, 5.41) is 11.1. The first-order valence-corrected chi connectivity index (χ1v) is 13.4. The lowest BCUT2D eigenvalue weighted by molar-refractivity contribution is 0.0671. The number of ether oxygens (including phenoxy) is 1. The van der Waals surface area contributed by atoms with Gasteiger partial charge in [0.1, 0.15) is 11.5 Å². The van der Waals surface area contributed by atoms with Gasteiger partial charge in [0.05, 0.1) is 17.5 Å². The van der Waals surface area contributed by atoms with Gasteiger partial charge in [-0.15, -0.1) is 0 Å². The van der Waals surface area contributed by atoms with Gasteiger partial charge in [-0.1, -0.05) is 93.2 Å². The van der Waals surface area contributed by atoms with Crippen molar-refractivity contribution in [2.45, 2.75) is 33.6 Å². The van der Waals surface area contributed by atoms with E-state index in [1.165, 1.54) is 6.21 Å². The van der Waals surface area contributed by atoms with Crippen LogP contribution in [0.3, 0.4) is 0 Å². The zero-order chi connectivity index (χ0) is 28.0. The highest BCUT2D eigenvalue weighted by Gasteiger charge is 2.29. The SMILES string of the molecule is C=C(O/C(=C(\C)c1ccccc1)c1ccccc1)C1CCCN(C(=O)c2ccccc2N/N=C\C=N)C1.CC. The monoisotopic (exact) mass is 522 g/mol. The minimum atomic E-state index is -0.0649. The number of hydrazone groups is 1. The van der Waals surface area contributed by atoms with Gasteiger partial charge in [-0.05, 0) is 43.0 Å². The van der Waals surface area contributed by atoms with Crippen molar-refractivity contribution in [3.8, 4) is 0 Å². The quantitative estimate of drug-likeness (QED) is 0.131. The number of nitrogens with one attached hydrogen (secondary N) is 2. The summed E-state index contributed by atoms with van der Waals surface area (Å²) < 4.78 is 6.51. The number of amides is 1. The van der Waals surface area contributed by atoms with Gasteiger partial charge in [0.25, 0.3) is 5.91 Å². The van der Waals surface area contributed by atoms with Crippen LogP contribution in [0.1, 0.15) is 55.1 Å². The van der Waals surface area contributed by atoms with Crippen molar-refractivity contribution in [3.63, 3.8) is 0 Å². The molecule has 0 aromatic heterocycles. The first-order chi connectivity index (χ1) is 19.1. The van der Waals surface area contributed by atoms with Crippen molar-refractivity contribution in [1.29, 1.82) is 5.41 Å². The average Bonchev–Trinajstić information content (AvgIpc) is 3.01. The molecular weight excluding hydrogens is 484 g/mol. The number of rotatable bonds is 9. The first kappa shape index (κ1) is 29.1. The average molecular weight is 523 g/mol. The number of carbonyl (C=O) groups is 1. The number of hydrogen-bond donors (Lipinski definition) is 2. The molecule has 1 saturated heterocycles. The van der Waals surface area contributed by atoms with E-state index in [1.807, 2.05) is 79.4 Å². The molecule has 6 heteroatoms. The molecule has 1 aliphatic heterocycles. The first-order valence-electron chi connectivity index (χ1n) is 13.4. The zero-order valence-corrected chi connectivity index (χ0v) is 23.1. The molecule has 1 amide bonds. The van der Waals surface area contributed by atoms with Crippen molar-refractivity contribution in [2.24, 2.45) is 11.0 Å². The molecule has 1 fully saturated rings. The van der Waals surface area contributed by atoms with Crippen LogP contribution in [-0.4, -0.2) is 36.3 Å². The maximum absolute atomic E-state index is 13.5. The predicted molar refractivity (Wildman–Crippen MR) is 163 cm³/mol. The highest BCUT2D eigenvalue weighted by Crippen LogP contribution is 2.33. The molecule has 1 atom stereocenters. The Hall–Kier alpha value is -4.45. The Morgan fingerprint density at radius 1 is 1.00 bits per heavy atom. The number of piperidine rings is 1. The van der Waals surface area contributed by atoms with Crippen LogP contribution in [0.5, 0.6) is 0 Å². The van der Waals surface area contributed by atoms with E-state index in [1.54, 1.807) is 12.1 Å². The van der Waals surface area contributed by atoms with Gasteiger partial charge in [-0.2, -0.15) is 5.10 Å². The standard InChI is InChI=1S/C31H32N4O2.C2H6/c1-23(25-12-5-3-6-13-25)30(26-14-7-4-8-15-26)37-24(2)27-16-11-21-35(22-27)31(36)28-17-9-10-18-29(28)34-33-20-19-32;1-2/h3-10,12-15,17-20,27,32,34H,2,11,16,21-22H2,1H3;1-2H3/b30-23+,32-19?,33-20-;. The Kier molecular flexibility index (Phi) is 11.3. The Morgan fingerprint density at radius 3 is 2.28 bits per heavy atom. The second-order valence-electron chi connectivity index (χ2n) is 8.95. The molecule has 3 aromatic carbocycles. The minimum Gasteiger partial charge on any atom is -0.461 e. The number of likely N-dealkylation sites (tertiary alicyclic amines) is 1. The van der Waals surface area contributed by atoms with Crippen molar-refractivity contribution in [1.82, 2.24) is 4.90 Å². The Bertz CT molecular complexity index is 1300. The summed E-state index contributed by atoms with van der Waals surface area (Å²) in [6.07, 6.45) is 4.17. The van der Waals surface area contributed by atoms with Gasteiger partial charge in [0.2, 0.25) is 0 Å². The molecule has 6 nitrogen and oxygen atoms in total. The molecule has 2 N–H and O–H groups in total. The van der Waals surface area contributed by atoms with Gasteiger partial charge in [0, 0.05) is 30.8 Å². The molecule has 4 rings (SSSR count). The molecule has 1 heterocycles. The van der Waals surface area contributed by atoms with Gasteiger partial charge >= 0.3 is 0 Å². The Labute approximate surface area is 232 Å². The third kappa shape index (κ3) is 7.77. The number of nitrogens with zero attached hydrogens (tertiary/aromatic N) is 2. The predicted octanol–water partition coefficient (Wildman–Crippen LogP) is 7.73. The number of allylic oxidation sites excluding steroid dienone is 1. The summed E-state index contributed by atoms with van der Waals surface area (Å²) in [4.78, 5) is 15.3. The van der Waals surface area contributed by atoms with Crippen LogP contribution in [0.15, 0.2) is 102 Å². The third-order valence-corrected chi connectivity index (χ3v) is 6.47. The van der Waals surface area contributed by atoms with Crippen LogP contribution in [-0.2, 0) is 4.74 Å². The number of carbonyl (C=O) groups excluding carboxylic acids is 1. The van der Waals surface area contributed by atoms with E-state index in [0.717, 1.165) is 41.5 Å². The van der Waals surface area contributed by atoms with E-state index >= 15 is 0 Å². The second-order valence-corrected chi connectivity index (χ2v) is 8.95. The zero-order valence-electron chi connectivity index (χ0n) is 23.1. The smallest absolute Gasteiger partial charge is 0.256 e.